The summed E-state index contributed by atoms with van der Waals surface area (Å²) in [6.45, 7) is 2.50. The molecule has 0 unspecified atom stereocenters. The molecule has 0 aromatic heterocycles. The summed E-state index contributed by atoms with van der Waals surface area (Å²) in [4.78, 5) is 30.3. The van der Waals surface area contributed by atoms with Gasteiger partial charge >= 0.3 is 6.03 Å². The molecule has 2 aliphatic heterocycles. The standard InChI is InChI=1S/C26H31BrN4O3/c1-30-12-9-17-13-20(7-8-22(17)26(16-30)10-11-26)28-24(32)23-14-21(34-2)15-31(23)25(33)29-19-5-3-18(27)4-6-19/h3-8,13,21,23H,9-12,14-16H2,1-2H3,(H,28,32)(H,29,33)/t21-,23-/m1/s1. The average Bonchev–Trinajstić information content (AvgIpc) is 3.48. The Labute approximate surface area is 209 Å². The van der Waals surface area contributed by atoms with E-state index < -0.39 is 6.04 Å². The Morgan fingerprint density at radius 1 is 1.09 bits per heavy atom. The van der Waals surface area contributed by atoms with Crippen molar-refractivity contribution < 1.29 is 14.3 Å². The minimum Gasteiger partial charge on any atom is -0.380 e. The number of carbonyl (C=O) groups is 2. The molecule has 34 heavy (non-hydrogen) atoms. The van der Waals surface area contributed by atoms with E-state index >= 15 is 0 Å². The zero-order valence-electron chi connectivity index (χ0n) is 19.6. The highest BCUT2D eigenvalue weighted by molar-refractivity contribution is 9.10. The molecule has 8 heteroatoms. The Bertz CT molecular complexity index is 1090. The predicted octanol–water partition coefficient (Wildman–Crippen LogP) is 4.23. The fourth-order valence-corrected chi connectivity index (χ4v) is 5.63. The number of likely N-dealkylation sites (N-methyl/N-ethyl adjacent to an activating group) is 1. The number of anilines is 2. The van der Waals surface area contributed by atoms with Crippen molar-refractivity contribution in [3.05, 3.63) is 58.1 Å². The normalized spacial score (nSPS) is 23.3. The number of fused-ring (bicyclic) bond motifs is 2. The van der Waals surface area contributed by atoms with Gasteiger partial charge in [-0.05, 0) is 73.8 Å². The van der Waals surface area contributed by atoms with E-state index in [0.717, 1.165) is 29.7 Å². The molecule has 2 atom stereocenters. The first-order chi connectivity index (χ1) is 16.4. The summed E-state index contributed by atoms with van der Waals surface area (Å²) in [6.07, 6.45) is 3.74. The molecule has 5 rings (SSSR count). The molecule has 2 N–H and O–H groups in total. The number of likely N-dealkylation sites (tertiary alicyclic amines) is 1. The second kappa shape index (κ2) is 9.32. The van der Waals surface area contributed by atoms with Crippen LogP contribution in [0, 0.1) is 0 Å². The summed E-state index contributed by atoms with van der Waals surface area (Å²) in [5.41, 5.74) is 4.52. The van der Waals surface area contributed by atoms with Crippen molar-refractivity contribution in [3.8, 4) is 0 Å². The second-order valence-electron chi connectivity index (χ2n) is 9.83. The van der Waals surface area contributed by atoms with Crippen LogP contribution in [0.15, 0.2) is 46.9 Å². The molecule has 7 nitrogen and oxygen atoms in total. The number of ether oxygens (including phenoxy) is 1. The molecule has 3 amide bonds. The highest BCUT2D eigenvalue weighted by atomic mass is 79.9. The molecule has 2 aromatic carbocycles. The summed E-state index contributed by atoms with van der Waals surface area (Å²) in [7, 11) is 3.81. The number of nitrogens with zero attached hydrogens (tertiary/aromatic N) is 2. The van der Waals surface area contributed by atoms with Gasteiger partial charge in [0.25, 0.3) is 0 Å². The van der Waals surface area contributed by atoms with Gasteiger partial charge in [-0.15, -0.1) is 0 Å². The molecule has 0 radical (unpaired) electrons. The number of rotatable bonds is 4. The number of nitrogens with one attached hydrogen (secondary N) is 2. The summed E-state index contributed by atoms with van der Waals surface area (Å²) < 4.78 is 6.44. The van der Waals surface area contributed by atoms with Crippen LogP contribution in [-0.4, -0.2) is 67.7 Å². The van der Waals surface area contributed by atoms with Crippen molar-refractivity contribution >= 4 is 39.2 Å². The van der Waals surface area contributed by atoms with Crippen LogP contribution in [0.4, 0.5) is 16.2 Å². The van der Waals surface area contributed by atoms with Gasteiger partial charge in [0.05, 0.1) is 6.10 Å². The fourth-order valence-electron chi connectivity index (χ4n) is 5.36. The van der Waals surface area contributed by atoms with E-state index in [9.17, 15) is 9.59 Å². The lowest BCUT2D eigenvalue weighted by Gasteiger charge is -2.24. The molecule has 1 spiro atoms. The Morgan fingerprint density at radius 2 is 1.82 bits per heavy atom. The molecule has 0 bridgehead atoms. The van der Waals surface area contributed by atoms with Crippen LogP contribution in [0.3, 0.4) is 0 Å². The summed E-state index contributed by atoms with van der Waals surface area (Å²) in [5.74, 6) is -0.183. The molecular weight excluding hydrogens is 496 g/mol. The zero-order valence-corrected chi connectivity index (χ0v) is 21.2. The number of carbonyl (C=O) groups excluding carboxylic acids is 2. The maximum absolute atomic E-state index is 13.3. The number of hydrogen-bond acceptors (Lipinski definition) is 4. The summed E-state index contributed by atoms with van der Waals surface area (Å²) in [6, 6.07) is 12.8. The summed E-state index contributed by atoms with van der Waals surface area (Å²) >= 11 is 3.40. The number of methoxy groups -OCH3 is 1. The largest absolute Gasteiger partial charge is 0.380 e. The zero-order chi connectivity index (χ0) is 23.9. The molecule has 1 saturated carbocycles. The van der Waals surface area contributed by atoms with Crippen LogP contribution in [0.5, 0.6) is 0 Å². The molecule has 2 fully saturated rings. The second-order valence-corrected chi connectivity index (χ2v) is 10.7. The van der Waals surface area contributed by atoms with Gasteiger partial charge in [0.15, 0.2) is 0 Å². The van der Waals surface area contributed by atoms with Crippen LogP contribution in [0.2, 0.25) is 0 Å². The van der Waals surface area contributed by atoms with E-state index in [-0.39, 0.29) is 18.0 Å². The van der Waals surface area contributed by atoms with Gasteiger partial charge in [0.2, 0.25) is 5.91 Å². The Balaban J connectivity index is 1.31. The molecule has 3 aliphatic rings. The van der Waals surface area contributed by atoms with Crippen LogP contribution in [-0.2, 0) is 21.4 Å². The minimum atomic E-state index is -0.597. The SMILES string of the molecule is CO[C@@H]1C[C@H](C(=O)Nc2ccc3c(c2)CCN(C)CC32CC2)N(C(=O)Nc2ccc(Br)cc2)C1. The Kier molecular flexibility index (Phi) is 6.39. The van der Waals surface area contributed by atoms with Crippen molar-refractivity contribution in [2.24, 2.45) is 0 Å². The smallest absolute Gasteiger partial charge is 0.322 e. The lowest BCUT2D eigenvalue weighted by Crippen LogP contribution is -2.45. The number of amides is 3. The van der Waals surface area contributed by atoms with E-state index in [1.54, 1.807) is 12.0 Å². The van der Waals surface area contributed by atoms with E-state index in [1.165, 1.54) is 24.0 Å². The summed E-state index contributed by atoms with van der Waals surface area (Å²) in [5, 5.41) is 5.98. The monoisotopic (exact) mass is 526 g/mol. The van der Waals surface area contributed by atoms with Crippen LogP contribution >= 0.6 is 15.9 Å². The Hall–Kier alpha value is -2.42. The van der Waals surface area contributed by atoms with Gasteiger partial charge in [-0.25, -0.2) is 4.79 Å². The van der Waals surface area contributed by atoms with Crippen molar-refractivity contribution in [1.82, 2.24) is 9.80 Å². The van der Waals surface area contributed by atoms with Gasteiger partial charge in [-0.3, -0.25) is 4.79 Å². The van der Waals surface area contributed by atoms with Gasteiger partial charge in [-0.2, -0.15) is 0 Å². The minimum absolute atomic E-state index is 0.177. The third-order valence-electron chi connectivity index (χ3n) is 7.39. The van der Waals surface area contributed by atoms with E-state index in [1.807, 2.05) is 30.3 Å². The number of urea groups is 1. The molecule has 1 saturated heterocycles. The van der Waals surface area contributed by atoms with Crippen molar-refractivity contribution in [2.45, 2.75) is 43.2 Å². The molecule has 2 heterocycles. The van der Waals surface area contributed by atoms with Gasteiger partial charge < -0.3 is 25.2 Å². The topological polar surface area (TPSA) is 73.9 Å². The van der Waals surface area contributed by atoms with Crippen molar-refractivity contribution in [2.75, 3.05) is 44.4 Å². The third kappa shape index (κ3) is 4.72. The molecule has 2 aromatic rings. The van der Waals surface area contributed by atoms with E-state index in [0.29, 0.717) is 24.1 Å². The lowest BCUT2D eigenvalue weighted by atomic mass is 9.91. The number of benzene rings is 2. The van der Waals surface area contributed by atoms with Gasteiger partial charge in [-0.1, -0.05) is 22.0 Å². The van der Waals surface area contributed by atoms with Gasteiger partial charge in [0.1, 0.15) is 6.04 Å². The molecule has 1 aliphatic carbocycles. The number of halogens is 1. The van der Waals surface area contributed by atoms with Gasteiger partial charge in [0, 0.05) is 54.4 Å². The average molecular weight is 527 g/mol. The highest BCUT2D eigenvalue weighted by Gasteiger charge is 2.47. The first-order valence-corrected chi connectivity index (χ1v) is 12.6. The van der Waals surface area contributed by atoms with Crippen LogP contribution in [0.25, 0.3) is 0 Å². The maximum atomic E-state index is 13.3. The quantitative estimate of drug-likeness (QED) is 0.625. The van der Waals surface area contributed by atoms with Crippen molar-refractivity contribution in [1.29, 1.82) is 0 Å². The third-order valence-corrected chi connectivity index (χ3v) is 7.92. The van der Waals surface area contributed by atoms with Crippen LogP contribution < -0.4 is 10.6 Å². The van der Waals surface area contributed by atoms with Crippen LogP contribution in [0.1, 0.15) is 30.4 Å². The highest BCUT2D eigenvalue weighted by Crippen LogP contribution is 2.51. The van der Waals surface area contributed by atoms with Crippen molar-refractivity contribution in [3.63, 3.8) is 0 Å². The Morgan fingerprint density at radius 3 is 2.53 bits per heavy atom. The molecular formula is C26H31BrN4O3. The first kappa shape index (κ1) is 23.3. The maximum Gasteiger partial charge on any atom is 0.322 e. The lowest BCUT2D eigenvalue weighted by molar-refractivity contribution is -0.119. The fraction of sp³-hybridized carbons (Fsp3) is 0.462. The molecule has 180 valence electrons. The predicted molar refractivity (Wildman–Crippen MR) is 136 cm³/mol. The first-order valence-electron chi connectivity index (χ1n) is 11.9. The van der Waals surface area contributed by atoms with E-state index in [4.69, 9.17) is 4.74 Å². The number of hydrogen-bond donors (Lipinski definition) is 2. The van der Waals surface area contributed by atoms with E-state index in [2.05, 4.69) is 50.6 Å².